The van der Waals surface area contributed by atoms with Gasteiger partial charge in [-0.3, -0.25) is 4.79 Å². The van der Waals surface area contributed by atoms with Gasteiger partial charge in [0.1, 0.15) is 0 Å². The van der Waals surface area contributed by atoms with Crippen molar-refractivity contribution in [3.8, 4) is 17.2 Å². The third-order valence-electron chi connectivity index (χ3n) is 4.30. The fraction of sp³-hybridized carbons (Fsp3) is 0.381. The van der Waals surface area contributed by atoms with Crippen LogP contribution >= 0.6 is 0 Å². The van der Waals surface area contributed by atoms with Crippen LogP contribution in [0.1, 0.15) is 38.3 Å². The molecule has 0 spiro atoms. The average Bonchev–Trinajstić information content (AvgIpc) is 2.70. The van der Waals surface area contributed by atoms with Crippen molar-refractivity contribution in [3.63, 3.8) is 0 Å². The molecule has 0 bridgehead atoms. The fourth-order valence-electron chi connectivity index (χ4n) is 2.77. The maximum absolute atomic E-state index is 13.8. The van der Waals surface area contributed by atoms with Gasteiger partial charge in [0, 0.05) is 0 Å². The smallest absolute Gasteiger partial charge is 0.261 e. The maximum atomic E-state index is 13.8. The van der Waals surface area contributed by atoms with E-state index in [2.05, 4.69) is 5.32 Å². The van der Waals surface area contributed by atoms with Crippen molar-refractivity contribution < 1.29 is 23.4 Å². The summed E-state index contributed by atoms with van der Waals surface area (Å²) in [4.78, 5) is 12.7. The van der Waals surface area contributed by atoms with Gasteiger partial charge in [-0.2, -0.15) is 0 Å². The van der Waals surface area contributed by atoms with Crippen LogP contribution in [0.15, 0.2) is 42.5 Å². The summed E-state index contributed by atoms with van der Waals surface area (Å²) in [6.45, 7) is 3.79. The number of amides is 1. The van der Waals surface area contributed by atoms with E-state index < -0.39 is 11.9 Å². The molecule has 2 aromatic rings. The molecule has 0 aromatic heterocycles. The second kappa shape index (κ2) is 9.80. The fourth-order valence-corrected chi connectivity index (χ4v) is 2.77. The first kappa shape index (κ1) is 20.6. The quantitative estimate of drug-likeness (QED) is 0.711. The zero-order valence-electron chi connectivity index (χ0n) is 16.1. The Morgan fingerprint density at radius 1 is 1.00 bits per heavy atom. The first-order chi connectivity index (χ1) is 13.0. The van der Waals surface area contributed by atoms with Gasteiger partial charge in [0.25, 0.3) is 5.91 Å². The highest BCUT2D eigenvalue weighted by Crippen LogP contribution is 2.31. The molecular weight excluding hydrogens is 349 g/mol. The molecule has 5 nitrogen and oxygen atoms in total. The Balaban J connectivity index is 2.14. The SMILES string of the molecule is CCC(Oc1ccccc1F)C(=O)NC(CC)c1ccc(OC)c(OC)c1. The van der Waals surface area contributed by atoms with Crippen LogP contribution in [-0.4, -0.2) is 26.2 Å². The van der Waals surface area contributed by atoms with Crippen molar-refractivity contribution in [1.82, 2.24) is 5.32 Å². The molecule has 2 atom stereocenters. The van der Waals surface area contributed by atoms with Gasteiger partial charge in [-0.05, 0) is 42.7 Å². The second-order valence-electron chi connectivity index (χ2n) is 6.03. The van der Waals surface area contributed by atoms with Crippen molar-refractivity contribution >= 4 is 5.91 Å². The van der Waals surface area contributed by atoms with Gasteiger partial charge in [-0.25, -0.2) is 4.39 Å². The van der Waals surface area contributed by atoms with E-state index in [1.165, 1.54) is 12.1 Å². The molecule has 0 aliphatic heterocycles. The lowest BCUT2D eigenvalue weighted by Crippen LogP contribution is -2.40. The predicted molar refractivity (Wildman–Crippen MR) is 102 cm³/mol. The van der Waals surface area contributed by atoms with Crippen LogP contribution in [0.25, 0.3) is 0 Å². The van der Waals surface area contributed by atoms with E-state index in [1.807, 2.05) is 26.0 Å². The summed E-state index contributed by atoms with van der Waals surface area (Å²) in [5.41, 5.74) is 0.893. The standard InChI is InChI=1S/C21H26FNO4/c1-5-16(14-11-12-19(25-3)20(13-14)26-4)23-21(24)17(6-2)27-18-10-8-7-9-15(18)22/h7-13,16-17H,5-6H2,1-4H3,(H,23,24). The molecule has 2 aromatic carbocycles. The minimum absolute atomic E-state index is 0.0682. The molecule has 2 rings (SSSR count). The molecule has 0 heterocycles. The molecule has 0 aliphatic carbocycles. The first-order valence-electron chi connectivity index (χ1n) is 8.97. The Kier molecular flexibility index (Phi) is 7.46. The molecular formula is C21H26FNO4. The van der Waals surface area contributed by atoms with Crippen LogP contribution in [0.4, 0.5) is 4.39 Å². The van der Waals surface area contributed by atoms with Crippen LogP contribution in [0.5, 0.6) is 17.2 Å². The number of hydrogen-bond acceptors (Lipinski definition) is 4. The van der Waals surface area contributed by atoms with Gasteiger partial charge < -0.3 is 19.5 Å². The van der Waals surface area contributed by atoms with E-state index in [9.17, 15) is 9.18 Å². The van der Waals surface area contributed by atoms with Gasteiger partial charge in [-0.1, -0.05) is 32.0 Å². The van der Waals surface area contributed by atoms with E-state index in [1.54, 1.807) is 32.4 Å². The Morgan fingerprint density at radius 2 is 1.70 bits per heavy atom. The highest BCUT2D eigenvalue weighted by Gasteiger charge is 2.23. The number of para-hydroxylation sites is 1. The lowest BCUT2D eigenvalue weighted by atomic mass is 10.0. The van der Waals surface area contributed by atoms with Crippen molar-refractivity contribution in [3.05, 3.63) is 53.8 Å². The zero-order valence-corrected chi connectivity index (χ0v) is 16.1. The minimum Gasteiger partial charge on any atom is -0.493 e. The van der Waals surface area contributed by atoms with Crippen LogP contribution in [0.3, 0.4) is 0 Å². The van der Waals surface area contributed by atoms with Crippen LogP contribution < -0.4 is 19.5 Å². The summed E-state index contributed by atoms with van der Waals surface area (Å²) in [5, 5.41) is 2.98. The minimum atomic E-state index is -0.781. The Morgan fingerprint density at radius 3 is 2.30 bits per heavy atom. The Hall–Kier alpha value is -2.76. The van der Waals surface area contributed by atoms with Crippen LogP contribution in [0, 0.1) is 5.82 Å². The number of hydrogen-bond donors (Lipinski definition) is 1. The van der Waals surface area contributed by atoms with E-state index in [0.29, 0.717) is 24.3 Å². The molecule has 0 aliphatic rings. The number of nitrogens with one attached hydrogen (secondary N) is 1. The van der Waals surface area contributed by atoms with E-state index in [0.717, 1.165) is 5.56 Å². The molecule has 2 unspecified atom stereocenters. The van der Waals surface area contributed by atoms with Crippen molar-refractivity contribution in [2.24, 2.45) is 0 Å². The molecule has 27 heavy (non-hydrogen) atoms. The van der Waals surface area contributed by atoms with Crippen LogP contribution in [-0.2, 0) is 4.79 Å². The van der Waals surface area contributed by atoms with E-state index >= 15 is 0 Å². The normalized spacial score (nSPS) is 12.8. The topological polar surface area (TPSA) is 56.8 Å². The van der Waals surface area contributed by atoms with Crippen molar-refractivity contribution in [1.29, 1.82) is 0 Å². The summed E-state index contributed by atoms with van der Waals surface area (Å²) < 4.78 is 30.0. The molecule has 1 N–H and O–H groups in total. The summed E-state index contributed by atoms with van der Waals surface area (Å²) in [7, 11) is 3.14. The summed E-state index contributed by atoms with van der Waals surface area (Å²) >= 11 is 0. The van der Waals surface area contributed by atoms with Crippen LogP contribution in [0.2, 0.25) is 0 Å². The molecule has 0 radical (unpaired) electrons. The number of carbonyl (C=O) groups is 1. The van der Waals surface area contributed by atoms with Crippen molar-refractivity contribution in [2.45, 2.75) is 38.8 Å². The molecule has 0 fully saturated rings. The lowest BCUT2D eigenvalue weighted by molar-refractivity contribution is -0.129. The number of halogens is 1. The molecule has 146 valence electrons. The average molecular weight is 375 g/mol. The first-order valence-corrected chi connectivity index (χ1v) is 8.97. The highest BCUT2D eigenvalue weighted by atomic mass is 19.1. The van der Waals surface area contributed by atoms with Gasteiger partial charge in [0.2, 0.25) is 0 Å². The lowest BCUT2D eigenvalue weighted by Gasteiger charge is -2.23. The maximum Gasteiger partial charge on any atom is 0.261 e. The largest absolute Gasteiger partial charge is 0.493 e. The van der Waals surface area contributed by atoms with Gasteiger partial charge in [-0.15, -0.1) is 0 Å². The zero-order chi connectivity index (χ0) is 19.8. The van der Waals surface area contributed by atoms with Gasteiger partial charge in [0.05, 0.1) is 20.3 Å². The molecule has 6 heteroatoms. The summed E-state index contributed by atoms with van der Waals surface area (Å²) in [6, 6.07) is 11.4. The Labute approximate surface area is 159 Å². The number of ether oxygens (including phenoxy) is 3. The number of rotatable bonds is 9. The number of methoxy groups -OCH3 is 2. The third-order valence-corrected chi connectivity index (χ3v) is 4.30. The second-order valence-corrected chi connectivity index (χ2v) is 6.03. The Bertz CT molecular complexity index is 766. The predicted octanol–water partition coefficient (Wildman–Crippen LogP) is 4.27. The highest BCUT2D eigenvalue weighted by molar-refractivity contribution is 5.81. The molecule has 0 saturated carbocycles. The summed E-state index contributed by atoms with van der Waals surface area (Å²) in [6.07, 6.45) is 0.316. The van der Waals surface area contributed by atoms with E-state index in [-0.39, 0.29) is 17.7 Å². The summed E-state index contributed by atoms with van der Waals surface area (Å²) in [5.74, 6) is 0.505. The monoisotopic (exact) mass is 375 g/mol. The molecule has 0 saturated heterocycles. The number of carbonyl (C=O) groups excluding carboxylic acids is 1. The third kappa shape index (κ3) is 5.12. The molecule has 1 amide bonds. The van der Waals surface area contributed by atoms with E-state index in [4.69, 9.17) is 14.2 Å². The van der Waals surface area contributed by atoms with Gasteiger partial charge in [0.15, 0.2) is 29.2 Å². The van der Waals surface area contributed by atoms with Crippen molar-refractivity contribution in [2.75, 3.05) is 14.2 Å². The van der Waals surface area contributed by atoms with Gasteiger partial charge >= 0.3 is 0 Å². The number of benzene rings is 2.